The summed E-state index contributed by atoms with van der Waals surface area (Å²) < 4.78 is 13.4. The zero-order valence-corrected chi connectivity index (χ0v) is 12.5. The van der Waals surface area contributed by atoms with E-state index in [4.69, 9.17) is 16.3 Å². The van der Waals surface area contributed by atoms with Crippen molar-refractivity contribution in [2.45, 2.75) is 0 Å². The van der Waals surface area contributed by atoms with Crippen molar-refractivity contribution >= 4 is 46.0 Å². The Morgan fingerprint density at radius 1 is 1.29 bits per heavy atom. The maximum Gasteiger partial charge on any atom is 0.255 e. The molecular weight excluding hydrogens is 310 g/mol. The molecule has 0 atom stereocenters. The summed E-state index contributed by atoms with van der Waals surface area (Å²) in [5.74, 6) is 0.263. The summed E-state index contributed by atoms with van der Waals surface area (Å²) in [5, 5.41) is 3.21. The van der Waals surface area contributed by atoms with E-state index in [0.29, 0.717) is 27.5 Å². The highest BCUT2D eigenvalue weighted by atomic mass is 35.5. The first-order chi connectivity index (χ1) is 10.2. The van der Waals surface area contributed by atoms with E-state index in [-0.39, 0.29) is 5.91 Å². The lowest BCUT2D eigenvalue weighted by Gasteiger charge is -2.07. The highest BCUT2D eigenvalue weighted by Crippen LogP contribution is 2.26. The molecule has 3 aromatic rings. The van der Waals surface area contributed by atoms with E-state index in [2.05, 4.69) is 14.1 Å². The molecule has 3 rings (SSSR count). The Morgan fingerprint density at radius 2 is 2.14 bits per heavy atom. The van der Waals surface area contributed by atoms with Crippen molar-refractivity contribution in [2.75, 3.05) is 12.4 Å². The Kier molecular flexibility index (Phi) is 3.72. The summed E-state index contributed by atoms with van der Waals surface area (Å²) >= 11 is 7.14. The lowest BCUT2D eigenvalue weighted by atomic mass is 10.2. The number of amides is 1. The number of hydrogen-bond acceptors (Lipinski definition) is 5. The Balaban J connectivity index is 1.89. The summed E-state index contributed by atoms with van der Waals surface area (Å²) in [4.78, 5) is 12.3. The van der Waals surface area contributed by atoms with E-state index in [0.717, 1.165) is 17.2 Å². The normalized spacial score (nSPS) is 10.6. The van der Waals surface area contributed by atoms with Gasteiger partial charge in [0.1, 0.15) is 16.8 Å². The number of rotatable bonds is 3. The SMILES string of the molecule is COc1ccc(C(=O)Nc2cccc3nsnc23)cc1Cl. The third-order valence-corrected chi connectivity index (χ3v) is 3.79. The minimum Gasteiger partial charge on any atom is -0.495 e. The Labute approximate surface area is 129 Å². The average Bonchev–Trinajstić information content (AvgIpc) is 2.96. The number of methoxy groups -OCH3 is 1. The lowest BCUT2D eigenvalue weighted by Crippen LogP contribution is -2.12. The van der Waals surface area contributed by atoms with Crippen LogP contribution in [0.2, 0.25) is 5.02 Å². The minimum absolute atomic E-state index is 0.264. The summed E-state index contributed by atoms with van der Waals surface area (Å²) in [6.07, 6.45) is 0. The second-order valence-corrected chi connectivity index (χ2v) is 5.18. The first-order valence-corrected chi connectivity index (χ1v) is 7.16. The molecule has 1 heterocycles. The van der Waals surface area contributed by atoms with Gasteiger partial charge in [0.15, 0.2) is 0 Å². The van der Waals surface area contributed by atoms with E-state index in [1.807, 2.05) is 12.1 Å². The molecule has 2 aromatic carbocycles. The Morgan fingerprint density at radius 3 is 2.90 bits per heavy atom. The number of ether oxygens (including phenoxy) is 1. The number of nitrogens with zero attached hydrogens (tertiary/aromatic N) is 2. The summed E-state index contributed by atoms with van der Waals surface area (Å²) in [5.41, 5.74) is 2.50. The third-order valence-electron chi connectivity index (χ3n) is 2.95. The van der Waals surface area contributed by atoms with E-state index >= 15 is 0 Å². The average molecular weight is 320 g/mol. The van der Waals surface area contributed by atoms with Crippen LogP contribution in [-0.2, 0) is 0 Å². The van der Waals surface area contributed by atoms with Crippen molar-refractivity contribution in [1.29, 1.82) is 0 Å². The molecule has 0 unspecified atom stereocenters. The van der Waals surface area contributed by atoms with Crippen LogP contribution in [0.25, 0.3) is 11.0 Å². The van der Waals surface area contributed by atoms with Gasteiger partial charge in [-0.05, 0) is 30.3 Å². The van der Waals surface area contributed by atoms with Crippen LogP contribution in [0, 0.1) is 0 Å². The van der Waals surface area contributed by atoms with Crippen molar-refractivity contribution in [3.8, 4) is 5.75 Å². The quantitative estimate of drug-likeness (QED) is 0.801. The number of anilines is 1. The molecule has 0 bridgehead atoms. The predicted octanol–water partition coefficient (Wildman–Crippen LogP) is 3.61. The molecule has 5 nitrogen and oxygen atoms in total. The molecule has 21 heavy (non-hydrogen) atoms. The van der Waals surface area contributed by atoms with Crippen molar-refractivity contribution in [3.63, 3.8) is 0 Å². The van der Waals surface area contributed by atoms with Crippen LogP contribution in [-0.4, -0.2) is 21.8 Å². The predicted molar refractivity (Wildman–Crippen MR) is 83.4 cm³/mol. The number of aromatic nitrogens is 2. The lowest BCUT2D eigenvalue weighted by molar-refractivity contribution is 0.102. The van der Waals surface area contributed by atoms with Gasteiger partial charge >= 0.3 is 0 Å². The number of nitrogens with one attached hydrogen (secondary N) is 1. The number of fused-ring (bicyclic) bond motifs is 1. The van der Waals surface area contributed by atoms with E-state index in [9.17, 15) is 4.79 Å². The Hall–Kier alpha value is -2.18. The molecule has 0 radical (unpaired) electrons. The van der Waals surface area contributed by atoms with E-state index in [1.165, 1.54) is 7.11 Å². The topological polar surface area (TPSA) is 64.1 Å². The van der Waals surface area contributed by atoms with Crippen LogP contribution in [0.5, 0.6) is 5.75 Å². The van der Waals surface area contributed by atoms with Gasteiger partial charge in [-0.2, -0.15) is 8.75 Å². The first kappa shape index (κ1) is 13.8. The fourth-order valence-electron chi connectivity index (χ4n) is 1.91. The van der Waals surface area contributed by atoms with Gasteiger partial charge in [0.2, 0.25) is 0 Å². The molecular formula is C14H10ClN3O2S. The van der Waals surface area contributed by atoms with Gasteiger partial charge in [-0.3, -0.25) is 4.79 Å². The minimum atomic E-state index is -0.264. The van der Waals surface area contributed by atoms with Crippen molar-refractivity contribution in [1.82, 2.24) is 8.75 Å². The zero-order chi connectivity index (χ0) is 14.8. The van der Waals surface area contributed by atoms with Crippen LogP contribution in [0.15, 0.2) is 36.4 Å². The van der Waals surface area contributed by atoms with Crippen LogP contribution in [0.1, 0.15) is 10.4 Å². The van der Waals surface area contributed by atoms with Crippen LogP contribution in [0.3, 0.4) is 0 Å². The van der Waals surface area contributed by atoms with Gasteiger partial charge in [-0.25, -0.2) is 0 Å². The third kappa shape index (κ3) is 2.68. The fraction of sp³-hybridized carbons (Fsp3) is 0.0714. The maximum absolute atomic E-state index is 12.3. The van der Waals surface area contributed by atoms with Gasteiger partial charge in [-0.15, -0.1) is 0 Å². The van der Waals surface area contributed by atoms with Gasteiger partial charge in [0, 0.05) is 5.56 Å². The first-order valence-electron chi connectivity index (χ1n) is 6.05. The van der Waals surface area contributed by atoms with Crippen molar-refractivity contribution in [2.24, 2.45) is 0 Å². The zero-order valence-electron chi connectivity index (χ0n) is 11.0. The van der Waals surface area contributed by atoms with Crippen LogP contribution >= 0.6 is 23.3 Å². The maximum atomic E-state index is 12.3. The van der Waals surface area contributed by atoms with Gasteiger partial charge in [-0.1, -0.05) is 17.7 Å². The molecule has 0 aliphatic carbocycles. The molecule has 0 saturated carbocycles. The monoisotopic (exact) mass is 319 g/mol. The van der Waals surface area contributed by atoms with Crippen LogP contribution < -0.4 is 10.1 Å². The molecule has 0 aliphatic rings. The number of halogens is 1. The molecule has 106 valence electrons. The van der Waals surface area contributed by atoms with Crippen LogP contribution in [0.4, 0.5) is 5.69 Å². The fourth-order valence-corrected chi connectivity index (χ4v) is 2.72. The number of carbonyl (C=O) groups is 1. The highest BCUT2D eigenvalue weighted by Gasteiger charge is 2.12. The molecule has 0 spiro atoms. The van der Waals surface area contributed by atoms with Gasteiger partial charge in [0.25, 0.3) is 5.91 Å². The summed E-state index contributed by atoms with van der Waals surface area (Å²) in [6.45, 7) is 0. The highest BCUT2D eigenvalue weighted by molar-refractivity contribution is 7.00. The van der Waals surface area contributed by atoms with Crippen molar-refractivity contribution < 1.29 is 9.53 Å². The summed E-state index contributed by atoms with van der Waals surface area (Å²) in [6, 6.07) is 10.3. The molecule has 0 aliphatic heterocycles. The standard InChI is InChI=1S/C14H10ClN3O2S/c1-20-12-6-5-8(7-9(12)15)14(19)16-10-3-2-4-11-13(10)18-21-17-11/h2-7H,1H3,(H,16,19). The van der Waals surface area contributed by atoms with Crippen molar-refractivity contribution in [3.05, 3.63) is 47.0 Å². The molecule has 1 aromatic heterocycles. The summed E-state index contributed by atoms with van der Waals surface area (Å²) in [7, 11) is 1.52. The largest absolute Gasteiger partial charge is 0.495 e. The smallest absolute Gasteiger partial charge is 0.255 e. The van der Waals surface area contributed by atoms with Gasteiger partial charge < -0.3 is 10.1 Å². The van der Waals surface area contributed by atoms with Gasteiger partial charge in [0.05, 0.1) is 29.5 Å². The number of hydrogen-bond donors (Lipinski definition) is 1. The molecule has 0 saturated heterocycles. The second-order valence-electron chi connectivity index (χ2n) is 4.24. The number of benzene rings is 2. The molecule has 0 fully saturated rings. The van der Waals surface area contributed by atoms with E-state index < -0.39 is 0 Å². The molecule has 1 amide bonds. The second kappa shape index (κ2) is 5.67. The molecule has 7 heteroatoms. The Bertz CT molecular complexity index is 819. The number of carbonyl (C=O) groups excluding carboxylic acids is 1. The molecule has 1 N–H and O–H groups in total. The van der Waals surface area contributed by atoms with E-state index in [1.54, 1.807) is 24.3 Å².